The Labute approximate surface area is 200 Å². The average molecular weight is 477 g/mol. The molecule has 7 nitrogen and oxygen atoms in total. The SMILES string of the molecule is CCC[C@@H]1C=C[C@H]2[C@H](C(=O)N([C@@H](CC)CO)[C@@H]2C(=O)Nc2ccc(Cl)cc2)[C@@H]1C(=O)OCC. The molecule has 33 heavy (non-hydrogen) atoms. The van der Waals surface area contributed by atoms with E-state index >= 15 is 0 Å². The van der Waals surface area contributed by atoms with Gasteiger partial charge in [-0.3, -0.25) is 14.4 Å². The second kappa shape index (κ2) is 11.2. The number of benzene rings is 1. The van der Waals surface area contributed by atoms with Crippen LogP contribution in [-0.4, -0.2) is 53.1 Å². The molecule has 180 valence electrons. The highest BCUT2D eigenvalue weighted by Gasteiger charge is 2.58. The molecule has 2 N–H and O–H groups in total. The molecule has 2 aliphatic rings. The first-order valence-electron chi connectivity index (χ1n) is 11.7. The lowest BCUT2D eigenvalue weighted by Crippen LogP contribution is -2.50. The Hall–Kier alpha value is -2.38. The minimum atomic E-state index is -0.842. The molecule has 8 heteroatoms. The first-order chi connectivity index (χ1) is 15.9. The van der Waals surface area contributed by atoms with E-state index < -0.39 is 35.8 Å². The third-order valence-corrected chi connectivity index (χ3v) is 6.94. The summed E-state index contributed by atoms with van der Waals surface area (Å²) in [4.78, 5) is 41.7. The lowest BCUT2D eigenvalue weighted by atomic mass is 9.69. The molecule has 6 atom stereocenters. The maximum absolute atomic E-state index is 13.8. The predicted octanol–water partition coefficient (Wildman–Crippen LogP) is 3.66. The zero-order valence-corrected chi connectivity index (χ0v) is 20.1. The van der Waals surface area contributed by atoms with E-state index in [-0.39, 0.29) is 30.9 Å². The molecule has 1 heterocycles. The topological polar surface area (TPSA) is 95.9 Å². The number of amides is 2. The molecule has 1 aromatic carbocycles. The van der Waals surface area contributed by atoms with Crippen LogP contribution in [0.5, 0.6) is 0 Å². The van der Waals surface area contributed by atoms with Crippen LogP contribution in [0.2, 0.25) is 5.02 Å². The van der Waals surface area contributed by atoms with E-state index in [1.807, 2.05) is 26.0 Å². The number of aliphatic hydroxyl groups excluding tert-OH is 1. The Morgan fingerprint density at radius 1 is 1.18 bits per heavy atom. The molecule has 1 aromatic rings. The van der Waals surface area contributed by atoms with E-state index in [1.165, 1.54) is 4.90 Å². The highest BCUT2D eigenvalue weighted by molar-refractivity contribution is 6.30. The van der Waals surface area contributed by atoms with Crippen molar-refractivity contribution < 1.29 is 24.2 Å². The van der Waals surface area contributed by atoms with Gasteiger partial charge in [-0.15, -0.1) is 0 Å². The first kappa shape index (κ1) is 25.2. The molecule has 1 aliphatic heterocycles. The van der Waals surface area contributed by atoms with Gasteiger partial charge in [0.25, 0.3) is 0 Å². The fourth-order valence-corrected chi connectivity index (χ4v) is 5.30. The van der Waals surface area contributed by atoms with E-state index in [9.17, 15) is 19.5 Å². The fourth-order valence-electron chi connectivity index (χ4n) is 5.17. The quantitative estimate of drug-likeness (QED) is 0.419. The molecule has 0 bridgehead atoms. The van der Waals surface area contributed by atoms with Crippen molar-refractivity contribution in [2.24, 2.45) is 23.7 Å². The Morgan fingerprint density at radius 3 is 2.45 bits per heavy atom. The molecule has 0 aromatic heterocycles. The second-order valence-electron chi connectivity index (χ2n) is 8.65. The summed E-state index contributed by atoms with van der Waals surface area (Å²) in [5, 5.41) is 13.4. The molecule has 0 radical (unpaired) electrons. The summed E-state index contributed by atoms with van der Waals surface area (Å²) < 4.78 is 5.36. The van der Waals surface area contributed by atoms with Gasteiger partial charge >= 0.3 is 5.97 Å². The molecule has 1 aliphatic carbocycles. The number of ether oxygens (including phenoxy) is 1. The largest absolute Gasteiger partial charge is 0.466 e. The molecule has 0 unspecified atom stereocenters. The lowest BCUT2D eigenvalue weighted by molar-refractivity contribution is -0.156. The number of carbonyl (C=O) groups is 3. The molecular weight excluding hydrogens is 444 g/mol. The minimum absolute atomic E-state index is 0.131. The summed E-state index contributed by atoms with van der Waals surface area (Å²) in [5.74, 6) is -3.01. The van der Waals surface area contributed by atoms with Crippen LogP contribution in [0, 0.1) is 23.7 Å². The summed E-state index contributed by atoms with van der Waals surface area (Å²) >= 11 is 5.95. The third-order valence-electron chi connectivity index (χ3n) is 6.68. The normalized spacial score (nSPS) is 27.2. The molecule has 3 rings (SSSR count). The monoisotopic (exact) mass is 476 g/mol. The van der Waals surface area contributed by atoms with Crippen LogP contribution in [0.25, 0.3) is 0 Å². The number of likely N-dealkylation sites (tertiary alicyclic amines) is 1. The van der Waals surface area contributed by atoms with E-state index in [1.54, 1.807) is 31.2 Å². The number of carbonyl (C=O) groups excluding carboxylic acids is 3. The Bertz CT molecular complexity index is 883. The number of aliphatic hydroxyl groups is 1. The summed E-state index contributed by atoms with van der Waals surface area (Å²) in [6.45, 7) is 5.60. The highest BCUT2D eigenvalue weighted by atomic mass is 35.5. The molecule has 1 saturated heterocycles. The number of allylic oxidation sites excluding steroid dienone is 1. The van der Waals surface area contributed by atoms with Crippen molar-refractivity contribution >= 4 is 35.1 Å². The van der Waals surface area contributed by atoms with E-state index in [4.69, 9.17) is 16.3 Å². The summed E-state index contributed by atoms with van der Waals surface area (Å²) in [5.41, 5.74) is 0.558. The number of rotatable bonds is 9. The van der Waals surface area contributed by atoms with Gasteiger partial charge in [-0.1, -0.05) is 44.0 Å². The van der Waals surface area contributed by atoms with Gasteiger partial charge in [0.1, 0.15) is 6.04 Å². The molecule has 0 spiro atoms. The first-order valence-corrected chi connectivity index (χ1v) is 12.1. The van der Waals surface area contributed by atoms with Crippen LogP contribution >= 0.6 is 11.6 Å². The van der Waals surface area contributed by atoms with Crippen molar-refractivity contribution in [1.29, 1.82) is 0 Å². The van der Waals surface area contributed by atoms with Crippen molar-refractivity contribution in [2.75, 3.05) is 18.5 Å². The van der Waals surface area contributed by atoms with Crippen LogP contribution in [-0.2, 0) is 19.1 Å². The van der Waals surface area contributed by atoms with Gasteiger partial charge in [-0.2, -0.15) is 0 Å². The van der Waals surface area contributed by atoms with Crippen molar-refractivity contribution in [3.8, 4) is 0 Å². The standard InChI is InChI=1S/C25H33ClN2O5/c1-4-7-15-8-13-19-21(20(15)25(32)33-6-3)24(31)28(18(5-2)14-29)22(19)23(30)27-17-11-9-16(26)10-12-17/h8-13,15,18-22,29H,4-7,14H2,1-3H3,(H,27,30)/t15-,18+,19+,20-,21+,22+/m1/s1. The number of hydrogen-bond donors (Lipinski definition) is 2. The van der Waals surface area contributed by atoms with Crippen LogP contribution in [0.1, 0.15) is 40.0 Å². The van der Waals surface area contributed by atoms with Gasteiger partial charge in [0.15, 0.2) is 0 Å². The molecule has 2 amide bonds. The second-order valence-corrected chi connectivity index (χ2v) is 9.09. The number of fused-ring (bicyclic) bond motifs is 1. The van der Waals surface area contributed by atoms with E-state index in [2.05, 4.69) is 5.32 Å². The zero-order valence-electron chi connectivity index (χ0n) is 19.4. The number of esters is 1. The van der Waals surface area contributed by atoms with Crippen molar-refractivity contribution in [3.63, 3.8) is 0 Å². The number of nitrogens with zero attached hydrogens (tertiary/aromatic N) is 1. The Morgan fingerprint density at radius 2 is 1.88 bits per heavy atom. The van der Waals surface area contributed by atoms with E-state index in [0.29, 0.717) is 17.1 Å². The van der Waals surface area contributed by atoms with Crippen molar-refractivity contribution in [3.05, 3.63) is 41.4 Å². The Balaban J connectivity index is 2.01. The summed E-state index contributed by atoms with van der Waals surface area (Å²) in [6.07, 6.45) is 5.96. The van der Waals surface area contributed by atoms with Crippen molar-refractivity contribution in [1.82, 2.24) is 4.90 Å². The maximum atomic E-state index is 13.8. The van der Waals surface area contributed by atoms with Gasteiger partial charge < -0.3 is 20.1 Å². The average Bonchev–Trinajstić information content (AvgIpc) is 3.09. The lowest BCUT2D eigenvalue weighted by Gasteiger charge is -2.34. The fraction of sp³-hybridized carbons (Fsp3) is 0.560. The van der Waals surface area contributed by atoms with Crippen LogP contribution in [0.4, 0.5) is 5.69 Å². The van der Waals surface area contributed by atoms with Gasteiger partial charge in [0, 0.05) is 16.6 Å². The van der Waals surface area contributed by atoms with Gasteiger partial charge in [0.05, 0.1) is 31.1 Å². The van der Waals surface area contributed by atoms with E-state index in [0.717, 1.165) is 12.8 Å². The number of anilines is 1. The van der Waals surface area contributed by atoms with Gasteiger partial charge in [-0.05, 0) is 49.9 Å². The summed E-state index contributed by atoms with van der Waals surface area (Å²) in [7, 11) is 0. The van der Waals surface area contributed by atoms with Gasteiger partial charge in [-0.25, -0.2) is 0 Å². The number of nitrogens with one attached hydrogen (secondary N) is 1. The van der Waals surface area contributed by atoms with Crippen LogP contribution < -0.4 is 5.32 Å². The highest BCUT2D eigenvalue weighted by Crippen LogP contribution is 2.46. The zero-order chi connectivity index (χ0) is 24.1. The molecule has 0 saturated carbocycles. The maximum Gasteiger partial charge on any atom is 0.310 e. The Kier molecular flexibility index (Phi) is 8.54. The van der Waals surface area contributed by atoms with Gasteiger partial charge in [0.2, 0.25) is 11.8 Å². The van der Waals surface area contributed by atoms with Crippen LogP contribution in [0.15, 0.2) is 36.4 Å². The minimum Gasteiger partial charge on any atom is -0.466 e. The predicted molar refractivity (Wildman–Crippen MR) is 127 cm³/mol. The summed E-state index contributed by atoms with van der Waals surface area (Å²) in [6, 6.07) is 5.37. The molecular formula is C25H33ClN2O5. The van der Waals surface area contributed by atoms with Crippen LogP contribution in [0.3, 0.4) is 0 Å². The third kappa shape index (κ3) is 5.09. The van der Waals surface area contributed by atoms with Crippen molar-refractivity contribution in [2.45, 2.75) is 52.1 Å². The number of halogens is 1. The molecule has 1 fully saturated rings. The smallest absolute Gasteiger partial charge is 0.310 e. The number of hydrogen-bond acceptors (Lipinski definition) is 5.